The number of thioether (sulfide) groups is 1. The zero-order valence-corrected chi connectivity index (χ0v) is 58.4. The molecule has 520 valence electrons. The molecule has 2 unspecified atom stereocenters. The number of amides is 3. The highest BCUT2D eigenvalue weighted by molar-refractivity contribution is 8.16. The summed E-state index contributed by atoms with van der Waals surface area (Å²) < 4.78 is 27.5. The molecule has 0 saturated carbocycles. The first kappa shape index (κ1) is 68.1. The van der Waals surface area contributed by atoms with Crippen molar-refractivity contribution in [1.29, 1.82) is 5.26 Å². The van der Waals surface area contributed by atoms with Crippen LogP contribution in [0.4, 0.5) is 22.0 Å². The predicted octanol–water partition coefficient (Wildman–Crippen LogP) is 16.4. The second-order valence-electron chi connectivity index (χ2n) is 25.3. The number of halogens is 1. The van der Waals surface area contributed by atoms with E-state index in [0.29, 0.717) is 22.2 Å². The van der Waals surface area contributed by atoms with E-state index in [1.807, 2.05) is 147 Å². The van der Waals surface area contributed by atoms with Gasteiger partial charge in [0.1, 0.15) is 39.8 Å². The van der Waals surface area contributed by atoms with Crippen molar-refractivity contribution in [2.45, 2.75) is 44.4 Å². The number of benzene rings is 11. The number of aryl methyl sites for hydroxylation is 3. The molecule has 3 amide bonds. The summed E-state index contributed by atoms with van der Waals surface area (Å²) in [7, 11) is 1.65. The number of hydrazone groups is 1. The van der Waals surface area contributed by atoms with Crippen LogP contribution in [0.5, 0.6) is 17.2 Å². The van der Waals surface area contributed by atoms with Gasteiger partial charge in [-0.15, -0.1) is 5.10 Å². The van der Waals surface area contributed by atoms with E-state index in [1.165, 1.54) is 51.7 Å². The fourth-order valence-electron chi connectivity index (χ4n) is 13.6. The maximum absolute atomic E-state index is 13.1. The number of anilines is 3. The van der Waals surface area contributed by atoms with Crippen LogP contribution in [0.2, 0.25) is 0 Å². The quantitative estimate of drug-likeness (QED) is 0.0696. The summed E-state index contributed by atoms with van der Waals surface area (Å²) in [5.74, 6) is 0.414. The summed E-state index contributed by atoms with van der Waals surface area (Å²) >= 11 is 1.49. The van der Waals surface area contributed by atoms with E-state index in [2.05, 4.69) is 97.0 Å². The van der Waals surface area contributed by atoms with E-state index in [9.17, 15) is 33.9 Å². The molecule has 11 aromatic carbocycles. The number of rotatable bonds is 10. The minimum atomic E-state index is -0.882. The van der Waals surface area contributed by atoms with E-state index in [1.54, 1.807) is 60.2 Å². The number of carbonyl (C=O) groups is 3. The molecule has 4 aromatic heterocycles. The van der Waals surface area contributed by atoms with Gasteiger partial charge in [-0.2, -0.15) is 20.0 Å². The Morgan fingerprint density at radius 2 is 1.38 bits per heavy atom. The zero-order valence-electron chi connectivity index (χ0n) is 57.6. The number of para-hydroxylation sites is 1. The summed E-state index contributed by atoms with van der Waals surface area (Å²) in [5.41, 5.74) is 21.6. The topological polar surface area (TPSA) is 265 Å². The molecule has 7 heterocycles. The Morgan fingerprint density at radius 1 is 0.708 bits per heavy atom. The molecule has 18 rings (SSSR count). The van der Waals surface area contributed by atoms with Crippen LogP contribution >= 0.6 is 11.8 Å². The van der Waals surface area contributed by atoms with Crippen molar-refractivity contribution >= 4 is 112 Å². The van der Waals surface area contributed by atoms with Crippen molar-refractivity contribution < 1.29 is 33.4 Å². The number of carbonyl (C=O) groups excluding carboxylic acids is 3. The summed E-state index contributed by atoms with van der Waals surface area (Å²) in [6.45, 7) is 6.15. The highest BCUT2D eigenvalue weighted by atomic mass is 32.2. The van der Waals surface area contributed by atoms with Gasteiger partial charge in [0.25, 0.3) is 29.2 Å². The van der Waals surface area contributed by atoms with Gasteiger partial charge in [-0.25, -0.2) is 4.39 Å². The number of phenols is 1. The van der Waals surface area contributed by atoms with Crippen molar-refractivity contribution in [3.8, 4) is 29.0 Å². The van der Waals surface area contributed by atoms with Gasteiger partial charge in [-0.05, 0) is 155 Å². The van der Waals surface area contributed by atoms with Crippen LogP contribution in [-0.4, -0.2) is 59.1 Å². The molecule has 0 fully saturated rings. The first-order valence-corrected chi connectivity index (χ1v) is 34.9. The summed E-state index contributed by atoms with van der Waals surface area (Å²) in [5, 5.41) is 45.2. The fraction of sp³-hybridized carbons (Fsp3) is 0.0941. The zero-order chi connectivity index (χ0) is 73.3. The molecule has 1 spiro atoms. The number of hydrogen-bond donors (Lipinski definition) is 6. The van der Waals surface area contributed by atoms with Crippen molar-refractivity contribution in [2.75, 3.05) is 23.1 Å². The number of methoxy groups -OCH3 is 1. The lowest BCUT2D eigenvalue weighted by molar-refractivity contribution is -0.118. The molecule has 2 atom stereocenters. The van der Waals surface area contributed by atoms with Crippen LogP contribution in [0.15, 0.2) is 270 Å². The largest absolute Gasteiger partial charge is 0.508 e. The summed E-state index contributed by atoms with van der Waals surface area (Å²) in [4.78, 5) is 58.9. The molecular weight excluding hydrogens is 1350 g/mol. The minimum Gasteiger partial charge on any atom is -0.508 e. The number of nitrogens with one attached hydrogen (secondary N) is 4. The fourth-order valence-corrected chi connectivity index (χ4v) is 14.8. The first-order chi connectivity index (χ1) is 51.6. The van der Waals surface area contributed by atoms with E-state index in [-0.39, 0.29) is 52.4 Å². The van der Waals surface area contributed by atoms with Gasteiger partial charge in [0.15, 0.2) is 0 Å². The summed E-state index contributed by atoms with van der Waals surface area (Å²) in [6, 6.07) is 76.8. The normalized spacial score (nSPS) is 14.7. The number of aromatic hydroxyl groups is 1. The summed E-state index contributed by atoms with van der Waals surface area (Å²) in [6.07, 6.45) is 3.55. The smallest absolute Gasteiger partial charge is 0.267 e. The van der Waals surface area contributed by atoms with Crippen LogP contribution < -0.4 is 42.1 Å². The van der Waals surface area contributed by atoms with Gasteiger partial charge in [0.05, 0.1) is 35.3 Å². The van der Waals surface area contributed by atoms with Gasteiger partial charge in [0, 0.05) is 66.6 Å². The Morgan fingerprint density at radius 3 is 2.10 bits per heavy atom. The molecule has 106 heavy (non-hydrogen) atoms. The Bertz CT molecular complexity index is 6170. The molecule has 3 aliphatic rings. The molecule has 3 aliphatic heterocycles. The number of nitrogens with zero attached hydrogens (tertiary/aromatic N) is 7. The molecule has 7 N–H and O–H groups in total. The first-order valence-electron chi connectivity index (χ1n) is 34.1. The third-order valence-electron chi connectivity index (χ3n) is 18.9. The number of ether oxygens (including phenoxy) is 2. The number of hydrogen-bond acceptors (Lipinski definition) is 15. The maximum Gasteiger partial charge on any atom is 0.267 e. The second-order valence-corrected chi connectivity index (χ2v) is 26.5. The number of nitriles is 1. The average Bonchev–Trinajstić information content (AvgIpc) is 1.54. The Labute approximate surface area is 610 Å². The van der Waals surface area contributed by atoms with Crippen molar-refractivity contribution in [3.05, 3.63) is 327 Å². The van der Waals surface area contributed by atoms with Crippen LogP contribution in [0.1, 0.15) is 79.4 Å². The van der Waals surface area contributed by atoms with Crippen LogP contribution in [0.3, 0.4) is 0 Å². The van der Waals surface area contributed by atoms with Gasteiger partial charge in [-0.1, -0.05) is 171 Å². The lowest BCUT2D eigenvalue weighted by Crippen LogP contribution is -2.39. The van der Waals surface area contributed by atoms with E-state index in [0.717, 1.165) is 117 Å². The third kappa shape index (κ3) is 12.7. The predicted molar refractivity (Wildman–Crippen MR) is 415 cm³/mol. The van der Waals surface area contributed by atoms with E-state index >= 15 is 0 Å². The second kappa shape index (κ2) is 28.6. The number of phenolic OH excluding ortho intramolecular Hbond substituents is 1. The van der Waals surface area contributed by atoms with Crippen molar-refractivity contribution in [2.24, 2.45) is 10.8 Å². The van der Waals surface area contributed by atoms with Crippen molar-refractivity contribution in [1.82, 2.24) is 29.6 Å². The van der Waals surface area contributed by atoms with E-state index < -0.39 is 16.6 Å². The number of aromatic nitrogens is 5. The molecule has 0 saturated heterocycles. The highest BCUT2D eigenvalue weighted by Gasteiger charge is 2.52. The molecule has 15 aromatic rings. The molecule has 0 bridgehead atoms. The van der Waals surface area contributed by atoms with E-state index in [4.69, 9.17) is 15.2 Å². The van der Waals surface area contributed by atoms with Crippen molar-refractivity contribution in [3.63, 3.8) is 0 Å². The van der Waals surface area contributed by atoms with Crippen LogP contribution in [0, 0.1) is 24.1 Å². The Hall–Kier alpha value is -13.7. The molecule has 21 heteroatoms. The maximum atomic E-state index is 13.1. The SMILES string of the molecule is CCc1ccc(C(=O)Nc2nc(NC(=O)c3ccc(F)cc3)nn2-c2ccccc2)cc1.CCc1ccc2c(c1)C1(NN=C(c3cccc4ccccc34)S1)C(=O)N2.COc1ccc(C2C(C#N)=C(N)Oc3c2ccc2ccccc32)cc1C.O=c1c2ccccc2c2nccc3c4cc(O)ccc4n1c32. The molecule has 0 radical (unpaired) electrons. The van der Waals surface area contributed by atoms with Crippen LogP contribution in [0.25, 0.3) is 65.3 Å². The molecule has 19 nitrogen and oxygen atoms in total. The lowest BCUT2D eigenvalue weighted by Gasteiger charge is -2.27. The standard InChI is InChI=1S/C24H20FN5O2.C22H18N2O2.C21H17N3OS.C18H10N2O2/c1-2-16-8-10-17(11-9-16)22(32)27-24-28-23(29-30(24)20-6-4-3-5-7-20)26-21(31)18-12-14-19(25)15-13-18;1-13-11-15(8-10-19(13)25-2)20-17-9-7-14-5-3-4-6-16(14)21(17)26-22(24)18(20)12-23;1-2-13-10-11-18-17(12-13)21(20(25)22-18)24-23-19(26-21)16-9-5-7-14-6-3-4-8-15(14)16;21-10-5-6-15-14(9-10)12-7-8-19-16-11-3-1-2-4-13(11)18(22)20(15)17(12)16/h3-15H,2H2,1H3,(H2,26,27,28,29,31,32);3-11,20H,24H2,1-2H3;3-12,24H,2H2,1H3,(H,22,25);1-9,21H. The van der Waals surface area contributed by atoms with Gasteiger partial charge in [-0.3, -0.25) is 44.6 Å². The monoisotopic (exact) mass is 1420 g/mol. The van der Waals surface area contributed by atoms with Gasteiger partial charge >= 0.3 is 0 Å². The molecule has 0 aliphatic carbocycles. The Kier molecular flexibility index (Phi) is 18.4. The number of fused-ring (bicyclic) bond motifs is 11. The number of nitrogens with two attached hydrogens (primary N) is 1. The number of pyridine rings is 2. The Balaban J connectivity index is 0.000000114. The lowest BCUT2D eigenvalue weighted by atomic mass is 9.82. The van der Waals surface area contributed by atoms with Crippen LogP contribution in [-0.2, 0) is 22.5 Å². The number of allylic oxidation sites excluding steroid dienone is 1. The highest BCUT2D eigenvalue weighted by Crippen LogP contribution is 2.50. The third-order valence-corrected chi connectivity index (χ3v) is 20.3. The minimum absolute atomic E-state index is 0.000177. The van der Waals surface area contributed by atoms with Gasteiger partial charge in [0.2, 0.25) is 16.7 Å². The average molecular weight is 1420 g/mol. The molecular formula is C85H65FN12O7S. The van der Waals surface area contributed by atoms with Gasteiger partial charge < -0.3 is 25.6 Å².